The molecule has 1 heterocycles. The van der Waals surface area contributed by atoms with Crippen LogP contribution in [0, 0.1) is 0 Å². The number of hydrogen-bond acceptors (Lipinski definition) is 3. The summed E-state index contributed by atoms with van der Waals surface area (Å²) in [7, 11) is 1.60. The predicted octanol–water partition coefficient (Wildman–Crippen LogP) is 3.64. The Morgan fingerprint density at radius 2 is 2.05 bits per heavy atom. The number of methoxy groups -OCH3 is 1. The van der Waals surface area contributed by atoms with E-state index in [1.165, 1.54) is 0 Å². The number of benzene rings is 1. The molecule has 106 valence electrons. The number of aldehydes is 1. The van der Waals surface area contributed by atoms with Gasteiger partial charge < -0.3 is 4.74 Å². The Morgan fingerprint density at radius 1 is 1.35 bits per heavy atom. The molecule has 1 aromatic heterocycles. The summed E-state index contributed by atoms with van der Waals surface area (Å²) in [4.78, 5) is 11.3. The minimum Gasteiger partial charge on any atom is -0.497 e. The number of carbonyl (C=O) groups excluding carboxylic acids is 1. The Hall–Kier alpha value is -1.81. The summed E-state index contributed by atoms with van der Waals surface area (Å²) >= 11 is 6.29. The first-order valence-corrected chi connectivity index (χ1v) is 6.65. The summed E-state index contributed by atoms with van der Waals surface area (Å²) in [5.74, 6) is 0.707. The third-order valence-electron chi connectivity index (χ3n) is 2.99. The molecule has 5 heteroatoms. The van der Waals surface area contributed by atoms with Crippen molar-refractivity contribution < 1.29 is 9.53 Å². The van der Waals surface area contributed by atoms with Crippen molar-refractivity contribution in [2.45, 2.75) is 26.2 Å². The Morgan fingerprint density at radius 3 is 2.55 bits per heavy atom. The molecule has 0 fully saturated rings. The van der Waals surface area contributed by atoms with E-state index in [0.717, 1.165) is 12.0 Å². The van der Waals surface area contributed by atoms with E-state index < -0.39 is 0 Å². The first kappa shape index (κ1) is 14.6. The van der Waals surface area contributed by atoms with Crippen molar-refractivity contribution in [1.29, 1.82) is 0 Å². The molecule has 2 rings (SSSR count). The predicted molar refractivity (Wildman–Crippen MR) is 79.2 cm³/mol. The number of hydrogen-bond donors (Lipinski definition) is 0. The Balaban J connectivity index is 2.63. The van der Waals surface area contributed by atoms with Gasteiger partial charge >= 0.3 is 0 Å². The van der Waals surface area contributed by atoms with Crippen LogP contribution in [0.15, 0.2) is 24.3 Å². The lowest BCUT2D eigenvalue weighted by molar-refractivity contribution is 0.112. The van der Waals surface area contributed by atoms with Gasteiger partial charge in [-0.15, -0.1) is 0 Å². The van der Waals surface area contributed by atoms with Crippen molar-refractivity contribution in [3.8, 4) is 11.4 Å². The van der Waals surface area contributed by atoms with Crippen LogP contribution in [-0.2, 0) is 5.41 Å². The van der Waals surface area contributed by atoms with Crippen LogP contribution in [0.5, 0.6) is 5.75 Å². The number of rotatable bonds is 3. The number of ether oxygens (including phenoxy) is 1. The van der Waals surface area contributed by atoms with Gasteiger partial charge in [-0.3, -0.25) is 4.79 Å². The van der Waals surface area contributed by atoms with E-state index in [4.69, 9.17) is 16.3 Å². The summed E-state index contributed by atoms with van der Waals surface area (Å²) in [5.41, 5.74) is 1.61. The highest BCUT2D eigenvalue weighted by Gasteiger charge is 2.26. The maximum absolute atomic E-state index is 11.3. The summed E-state index contributed by atoms with van der Waals surface area (Å²) < 4.78 is 6.76. The van der Waals surface area contributed by atoms with Crippen LogP contribution >= 0.6 is 11.6 Å². The van der Waals surface area contributed by atoms with Crippen LogP contribution in [0.1, 0.15) is 36.8 Å². The first-order chi connectivity index (χ1) is 9.38. The van der Waals surface area contributed by atoms with Gasteiger partial charge in [-0.2, -0.15) is 5.10 Å². The zero-order valence-corrected chi connectivity index (χ0v) is 12.7. The molecule has 0 bridgehead atoms. The van der Waals surface area contributed by atoms with Crippen molar-refractivity contribution in [1.82, 2.24) is 9.78 Å². The number of aromatic nitrogens is 2. The molecule has 2 aromatic rings. The van der Waals surface area contributed by atoms with E-state index >= 15 is 0 Å². The van der Waals surface area contributed by atoms with Crippen molar-refractivity contribution in [2.24, 2.45) is 0 Å². The highest BCUT2D eigenvalue weighted by Crippen LogP contribution is 2.31. The van der Waals surface area contributed by atoms with E-state index in [0.29, 0.717) is 22.2 Å². The van der Waals surface area contributed by atoms with Gasteiger partial charge in [0.15, 0.2) is 6.29 Å². The molecule has 4 nitrogen and oxygen atoms in total. The fourth-order valence-corrected chi connectivity index (χ4v) is 2.25. The monoisotopic (exact) mass is 292 g/mol. The van der Waals surface area contributed by atoms with Gasteiger partial charge in [0.1, 0.15) is 10.9 Å². The third kappa shape index (κ3) is 2.56. The second-order valence-corrected chi connectivity index (χ2v) is 5.89. The van der Waals surface area contributed by atoms with Gasteiger partial charge in [0, 0.05) is 11.5 Å². The van der Waals surface area contributed by atoms with E-state index in [2.05, 4.69) is 5.10 Å². The minimum atomic E-state index is -0.260. The molecular weight excluding hydrogens is 276 g/mol. The molecule has 0 spiro atoms. The minimum absolute atomic E-state index is 0.260. The fraction of sp³-hybridized carbons (Fsp3) is 0.333. The Labute approximate surface area is 123 Å². The van der Waals surface area contributed by atoms with Gasteiger partial charge in [0.05, 0.1) is 24.1 Å². The van der Waals surface area contributed by atoms with Crippen LogP contribution < -0.4 is 4.74 Å². The summed E-state index contributed by atoms with van der Waals surface area (Å²) in [6.07, 6.45) is 0.757. The molecule has 0 amide bonds. The van der Waals surface area contributed by atoms with Crippen molar-refractivity contribution in [2.75, 3.05) is 7.11 Å². The van der Waals surface area contributed by atoms with Gasteiger partial charge in [-0.1, -0.05) is 38.4 Å². The molecule has 0 radical (unpaired) electrons. The molecule has 1 aromatic carbocycles. The standard InChI is InChI=1S/C15H17ClN2O2/c1-15(2,3)13-12(9-19)14(16)18(17-13)10-6-5-7-11(8-10)20-4/h5-9H,1-4H3. The molecular formula is C15H17ClN2O2. The van der Waals surface area contributed by atoms with E-state index in [9.17, 15) is 4.79 Å². The molecule has 0 aliphatic carbocycles. The maximum Gasteiger partial charge on any atom is 0.155 e. The zero-order valence-electron chi connectivity index (χ0n) is 12.0. The third-order valence-corrected chi connectivity index (χ3v) is 3.35. The van der Waals surface area contributed by atoms with Gasteiger partial charge in [-0.25, -0.2) is 4.68 Å². The Kier molecular flexibility index (Phi) is 3.86. The number of nitrogens with zero attached hydrogens (tertiary/aromatic N) is 2. The quantitative estimate of drug-likeness (QED) is 0.811. The highest BCUT2D eigenvalue weighted by atomic mass is 35.5. The lowest BCUT2D eigenvalue weighted by Gasteiger charge is -2.15. The molecule has 0 saturated heterocycles. The fourth-order valence-electron chi connectivity index (χ4n) is 1.98. The average Bonchev–Trinajstić information content (AvgIpc) is 2.75. The van der Waals surface area contributed by atoms with Gasteiger partial charge in [0.25, 0.3) is 0 Å². The summed E-state index contributed by atoms with van der Waals surface area (Å²) in [6.45, 7) is 5.98. The van der Waals surface area contributed by atoms with Crippen molar-refractivity contribution >= 4 is 17.9 Å². The van der Waals surface area contributed by atoms with Gasteiger partial charge in [0.2, 0.25) is 0 Å². The van der Waals surface area contributed by atoms with Crippen LogP contribution in [0.2, 0.25) is 5.15 Å². The average molecular weight is 293 g/mol. The van der Waals surface area contributed by atoms with Crippen molar-refractivity contribution in [3.63, 3.8) is 0 Å². The molecule has 20 heavy (non-hydrogen) atoms. The molecule has 0 saturated carbocycles. The number of halogens is 1. The van der Waals surface area contributed by atoms with Crippen LogP contribution in [0.4, 0.5) is 0 Å². The first-order valence-electron chi connectivity index (χ1n) is 6.27. The molecule has 0 aliphatic rings. The SMILES string of the molecule is COc1cccc(-n2nc(C(C)(C)C)c(C=O)c2Cl)c1. The second kappa shape index (κ2) is 5.29. The van der Waals surface area contributed by atoms with Crippen LogP contribution in [-0.4, -0.2) is 23.2 Å². The molecule has 0 aliphatic heterocycles. The normalized spacial score (nSPS) is 11.4. The van der Waals surface area contributed by atoms with Gasteiger partial charge in [-0.05, 0) is 12.1 Å². The smallest absolute Gasteiger partial charge is 0.155 e. The summed E-state index contributed by atoms with van der Waals surface area (Å²) in [5, 5.41) is 4.81. The topological polar surface area (TPSA) is 44.1 Å². The zero-order chi connectivity index (χ0) is 14.9. The van der Waals surface area contributed by atoms with E-state index in [-0.39, 0.29) is 5.41 Å². The maximum atomic E-state index is 11.3. The largest absolute Gasteiger partial charge is 0.497 e. The molecule has 0 atom stereocenters. The van der Waals surface area contributed by atoms with Crippen LogP contribution in [0.25, 0.3) is 5.69 Å². The number of carbonyl (C=O) groups is 1. The van der Waals surface area contributed by atoms with E-state index in [1.54, 1.807) is 11.8 Å². The summed E-state index contributed by atoms with van der Waals surface area (Å²) in [6, 6.07) is 7.37. The second-order valence-electron chi connectivity index (χ2n) is 5.53. The lowest BCUT2D eigenvalue weighted by Crippen LogP contribution is -2.14. The Bertz CT molecular complexity index is 642. The van der Waals surface area contributed by atoms with Crippen molar-refractivity contribution in [3.05, 3.63) is 40.7 Å². The molecule has 0 unspecified atom stereocenters. The lowest BCUT2D eigenvalue weighted by atomic mass is 9.90. The van der Waals surface area contributed by atoms with E-state index in [1.807, 2.05) is 45.0 Å². The highest BCUT2D eigenvalue weighted by molar-refractivity contribution is 6.32. The molecule has 0 N–H and O–H groups in total. The van der Waals surface area contributed by atoms with Crippen LogP contribution in [0.3, 0.4) is 0 Å².